The van der Waals surface area contributed by atoms with E-state index in [4.69, 9.17) is 4.74 Å². The number of rotatable bonds is 6. The fraction of sp³-hybridized carbons (Fsp3) is 0.545. The molecule has 0 aromatic heterocycles. The van der Waals surface area contributed by atoms with Gasteiger partial charge in [0.05, 0.1) is 37.6 Å². The molecule has 8 nitrogen and oxygen atoms in total. The maximum Gasteiger partial charge on any atom is 0.406 e. The van der Waals surface area contributed by atoms with Gasteiger partial charge in [0, 0.05) is 32.7 Å². The number of fused-ring (bicyclic) bond motifs is 1. The molecule has 4 rings (SSSR count). The van der Waals surface area contributed by atoms with Crippen molar-refractivity contribution in [3.05, 3.63) is 47.3 Å². The Kier molecular flexibility index (Phi) is 6.80. The number of ether oxygens (including phenoxy) is 1. The molecule has 1 unspecified atom stereocenters. The van der Waals surface area contributed by atoms with Crippen LogP contribution in [0.5, 0.6) is 0 Å². The molecule has 0 saturated carbocycles. The largest absolute Gasteiger partial charge is 0.406 e. The normalized spacial score (nSPS) is 23.6. The molecule has 1 fully saturated rings. The number of hydrogen-bond donors (Lipinski definition) is 0. The van der Waals surface area contributed by atoms with Crippen LogP contribution in [0.15, 0.2) is 46.4 Å². The number of benzene rings is 1. The summed E-state index contributed by atoms with van der Waals surface area (Å²) >= 11 is 0. The molecule has 2 atom stereocenters. The van der Waals surface area contributed by atoms with Crippen LogP contribution in [-0.2, 0) is 20.9 Å². The third-order valence-electron chi connectivity index (χ3n) is 6.27. The maximum absolute atomic E-state index is 13.7. The molecule has 1 saturated heterocycles. The fourth-order valence-corrected chi connectivity index (χ4v) is 4.44. The number of likely N-dealkylation sites (N-methyl/N-ethyl adjacent to an activating group) is 1. The van der Waals surface area contributed by atoms with E-state index in [1.54, 1.807) is 4.90 Å². The molecule has 178 valence electrons. The van der Waals surface area contributed by atoms with Gasteiger partial charge in [-0.15, -0.1) is 5.11 Å². The van der Waals surface area contributed by atoms with E-state index in [1.165, 1.54) is 4.90 Å². The van der Waals surface area contributed by atoms with E-state index in [0.717, 1.165) is 30.4 Å². The summed E-state index contributed by atoms with van der Waals surface area (Å²) in [6.45, 7) is 3.45. The number of halogens is 3. The molecule has 0 aliphatic carbocycles. The number of nitrogens with zero attached hydrogens (tertiary/aromatic N) is 5. The van der Waals surface area contributed by atoms with Crippen molar-refractivity contribution in [1.29, 1.82) is 0 Å². The van der Waals surface area contributed by atoms with Gasteiger partial charge >= 0.3 is 6.18 Å². The average molecular weight is 465 g/mol. The summed E-state index contributed by atoms with van der Waals surface area (Å²) in [7, 11) is 2.01. The van der Waals surface area contributed by atoms with Gasteiger partial charge in [0.2, 0.25) is 5.91 Å². The van der Waals surface area contributed by atoms with Crippen molar-refractivity contribution in [2.45, 2.75) is 25.2 Å². The summed E-state index contributed by atoms with van der Waals surface area (Å²) in [6, 6.07) is 6.78. The van der Waals surface area contributed by atoms with Crippen LogP contribution >= 0.6 is 0 Å². The van der Waals surface area contributed by atoms with Crippen molar-refractivity contribution in [1.82, 2.24) is 14.7 Å². The van der Waals surface area contributed by atoms with E-state index in [2.05, 4.69) is 15.1 Å². The van der Waals surface area contributed by atoms with E-state index >= 15 is 0 Å². The summed E-state index contributed by atoms with van der Waals surface area (Å²) in [5, 5.41) is 6.60. The molecule has 3 aliphatic heterocycles. The third-order valence-corrected chi connectivity index (χ3v) is 6.27. The number of piperazine rings is 1. The van der Waals surface area contributed by atoms with Crippen LogP contribution in [0.4, 0.5) is 13.2 Å². The van der Waals surface area contributed by atoms with Gasteiger partial charge in [-0.25, -0.2) is 0 Å². The van der Waals surface area contributed by atoms with E-state index in [1.807, 2.05) is 31.3 Å². The van der Waals surface area contributed by atoms with Crippen molar-refractivity contribution in [2.75, 3.05) is 46.4 Å². The first-order valence-corrected chi connectivity index (χ1v) is 10.9. The third kappa shape index (κ3) is 5.09. The van der Waals surface area contributed by atoms with Crippen molar-refractivity contribution < 1.29 is 27.5 Å². The second kappa shape index (κ2) is 9.60. The highest BCUT2D eigenvalue weighted by Gasteiger charge is 2.52. The Morgan fingerprint density at radius 3 is 2.64 bits per heavy atom. The zero-order valence-electron chi connectivity index (χ0n) is 18.3. The molecule has 3 aliphatic rings. The highest BCUT2D eigenvalue weighted by molar-refractivity contribution is 5.83. The summed E-state index contributed by atoms with van der Waals surface area (Å²) < 4.78 is 46.8. The van der Waals surface area contributed by atoms with Gasteiger partial charge in [0.15, 0.2) is 5.92 Å². The Morgan fingerprint density at radius 2 is 1.91 bits per heavy atom. The predicted octanol–water partition coefficient (Wildman–Crippen LogP) is 2.74. The first kappa shape index (κ1) is 23.4. The average Bonchev–Trinajstić information content (AvgIpc) is 3.14. The number of carbonyl (C=O) groups excluding carboxylic acids is 2. The Labute approximate surface area is 189 Å². The highest BCUT2D eigenvalue weighted by Crippen LogP contribution is 2.44. The minimum Gasteiger partial charge on any atom is -0.378 e. The molecule has 3 heterocycles. The predicted molar refractivity (Wildman–Crippen MR) is 112 cm³/mol. The summed E-state index contributed by atoms with van der Waals surface area (Å²) in [4.78, 5) is 29.9. The van der Waals surface area contributed by atoms with Gasteiger partial charge < -0.3 is 19.4 Å². The second-order valence-electron chi connectivity index (χ2n) is 8.43. The lowest BCUT2D eigenvalue weighted by Crippen LogP contribution is -2.47. The molecule has 0 spiro atoms. The first-order chi connectivity index (χ1) is 15.8. The fourth-order valence-electron chi connectivity index (χ4n) is 4.44. The van der Waals surface area contributed by atoms with Crippen LogP contribution in [0.1, 0.15) is 23.6 Å². The minimum absolute atomic E-state index is 0.00455. The smallest absolute Gasteiger partial charge is 0.378 e. The Hall–Kier alpha value is -2.79. The molecular weight excluding hydrogens is 439 g/mol. The van der Waals surface area contributed by atoms with Crippen LogP contribution < -0.4 is 0 Å². The van der Waals surface area contributed by atoms with Gasteiger partial charge in [-0.05, 0) is 18.2 Å². The Balaban J connectivity index is 1.43. The van der Waals surface area contributed by atoms with Crippen LogP contribution in [0, 0.1) is 5.92 Å². The second-order valence-corrected chi connectivity index (χ2v) is 8.43. The van der Waals surface area contributed by atoms with Crippen molar-refractivity contribution >= 4 is 11.8 Å². The minimum atomic E-state index is -4.78. The summed E-state index contributed by atoms with van der Waals surface area (Å²) in [6.07, 6.45) is -3.56. The monoisotopic (exact) mass is 465 g/mol. The number of amides is 2. The lowest BCUT2D eigenvalue weighted by Gasteiger charge is -2.34. The van der Waals surface area contributed by atoms with E-state index in [9.17, 15) is 22.8 Å². The van der Waals surface area contributed by atoms with Crippen LogP contribution in [0.3, 0.4) is 0 Å². The quantitative estimate of drug-likeness (QED) is 0.604. The standard InChI is InChI=1S/C22H26F3N5O3/c1-28-7-9-29(10-8-28)19(31)6-11-33-14-18-16-5-3-2-4-15(16)13-30(18)17-12-26-27-21(32)20(17)22(23,24)25/h2-5,12,18,20H,6-11,13-14H2,1H3/t18-,20?/m1/s1. The Morgan fingerprint density at radius 1 is 1.18 bits per heavy atom. The molecular formula is C22H26F3N5O3. The van der Waals surface area contributed by atoms with Crippen LogP contribution in [0.2, 0.25) is 0 Å². The van der Waals surface area contributed by atoms with E-state index in [0.29, 0.717) is 13.1 Å². The molecule has 11 heteroatoms. The number of carbonyl (C=O) groups is 2. The molecule has 0 bridgehead atoms. The molecule has 0 N–H and O–H groups in total. The van der Waals surface area contributed by atoms with E-state index < -0.39 is 24.0 Å². The van der Waals surface area contributed by atoms with Crippen LogP contribution in [-0.4, -0.2) is 79.1 Å². The SMILES string of the molecule is CN1CCN(C(=O)CCOC[C@@H]2c3ccccc3CN2C2=CN=NC(=O)C2C(F)(F)F)CC1. The zero-order valence-corrected chi connectivity index (χ0v) is 18.3. The van der Waals surface area contributed by atoms with Gasteiger partial charge in [0.1, 0.15) is 0 Å². The zero-order chi connectivity index (χ0) is 23.6. The van der Waals surface area contributed by atoms with Crippen molar-refractivity contribution in [2.24, 2.45) is 16.1 Å². The Bertz CT molecular complexity index is 957. The lowest BCUT2D eigenvalue weighted by molar-refractivity contribution is -0.178. The van der Waals surface area contributed by atoms with Crippen LogP contribution in [0.25, 0.3) is 0 Å². The van der Waals surface area contributed by atoms with Gasteiger partial charge in [0.25, 0.3) is 5.91 Å². The first-order valence-electron chi connectivity index (χ1n) is 10.9. The van der Waals surface area contributed by atoms with Gasteiger partial charge in [-0.2, -0.15) is 18.3 Å². The molecule has 1 aromatic carbocycles. The topological polar surface area (TPSA) is 77.8 Å². The van der Waals surface area contributed by atoms with Crippen molar-refractivity contribution in [3.63, 3.8) is 0 Å². The van der Waals surface area contributed by atoms with E-state index in [-0.39, 0.29) is 37.8 Å². The molecule has 2 amide bonds. The molecule has 0 radical (unpaired) electrons. The van der Waals surface area contributed by atoms with Gasteiger partial charge in [-0.1, -0.05) is 24.3 Å². The van der Waals surface area contributed by atoms with Gasteiger partial charge in [-0.3, -0.25) is 9.59 Å². The molecule has 1 aromatic rings. The number of hydrogen-bond acceptors (Lipinski definition) is 6. The van der Waals surface area contributed by atoms with Crippen molar-refractivity contribution in [3.8, 4) is 0 Å². The highest BCUT2D eigenvalue weighted by atomic mass is 19.4. The lowest BCUT2D eigenvalue weighted by atomic mass is 10.0. The summed E-state index contributed by atoms with van der Waals surface area (Å²) in [5.41, 5.74) is 1.46. The summed E-state index contributed by atoms with van der Waals surface area (Å²) in [5.74, 6) is -3.68. The molecule has 33 heavy (non-hydrogen) atoms. The number of azo groups is 1. The maximum atomic E-state index is 13.7. The number of alkyl halides is 3.